The average Bonchev–Trinajstić information content (AvgIpc) is 2.99. The molecule has 5 nitrogen and oxygen atoms in total. The quantitative estimate of drug-likeness (QED) is 0.612. The van der Waals surface area contributed by atoms with Crippen LogP contribution in [0, 0.1) is 0 Å². The number of hydrogen-bond acceptors (Lipinski definition) is 5. The smallest absolute Gasteiger partial charge is 0.236 e. The van der Waals surface area contributed by atoms with Crippen LogP contribution in [0.25, 0.3) is 0 Å². The summed E-state index contributed by atoms with van der Waals surface area (Å²) in [5.41, 5.74) is 1.96. The summed E-state index contributed by atoms with van der Waals surface area (Å²) in [5, 5.41) is 11.1. The Bertz CT molecular complexity index is 808. The summed E-state index contributed by atoms with van der Waals surface area (Å²) in [6, 6.07) is 15.6. The Morgan fingerprint density at radius 2 is 2.12 bits per heavy atom. The molecule has 1 aliphatic heterocycles. The van der Waals surface area contributed by atoms with Crippen LogP contribution in [0.2, 0.25) is 0 Å². The van der Waals surface area contributed by atoms with Gasteiger partial charge in [-0.1, -0.05) is 52.0 Å². The molecule has 2 aromatic rings. The Morgan fingerprint density at radius 1 is 1.25 bits per heavy atom. The van der Waals surface area contributed by atoms with Crippen LogP contribution < -0.4 is 10.1 Å². The molecule has 3 rings (SSSR count). The second kappa shape index (κ2) is 8.12. The van der Waals surface area contributed by atoms with E-state index in [1.54, 1.807) is 6.21 Å². The van der Waals surface area contributed by atoms with Gasteiger partial charge in [0.15, 0.2) is 5.17 Å². The van der Waals surface area contributed by atoms with E-state index in [4.69, 9.17) is 4.74 Å². The molecule has 0 spiro atoms. The molecule has 1 aliphatic rings. The van der Waals surface area contributed by atoms with Crippen LogP contribution in [0.3, 0.4) is 0 Å². The minimum atomic E-state index is -0.0445. The Hall–Kier alpha value is -2.12. The summed E-state index contributed by atoms with van der Waals surface area (Å²) in [5.74, 6) is 1.11. The number of carbonyl (C=O) groups excluding carboxylic acids is 1. The molecule has 1 saturated heterocycles. The molecule has 1 heterocycles. The summed E-state index contributed by atoms with van der Waals surface area (Å²) in [6.07, 6.45) is 1.63. The van der Waals surface area contributed by atoms with E-state index >= 15 is 0 Å². The number of amidine groups is 1. The molecule has 0 radical (unpaired) electrons. The molecule has 1 N–H and O–H groups in total. The van der Waals surface area contributed by atoms with Crippen LogP contribution in [0.15, 0.2) is 63.2 Å². The highest BCUT2D eigenvalue weighted by Gasteiger charge is 2.15. The highest BCUT2D eigenvalue weighted by Crippen LogP contribution is 2.17. The van der Waals surface area contributed by atoms with Crippen molar-refractivity contribution in [2.45, 2.75) is 6.61 Å². The molecule has 0 atom stereocenters. The van der Waals surface area contributed by atoms with Crippen molar-refractivity contribution in [3.8, 4) is 5.75 Å². The number of halogens is 1. The predicted octanol–water partition coefficient (Wildman–Crippen LogP) is 3.58. The number of ether oxygens (including phenoxy) is 1. The monoisotopic (exact) mass is 403 g/mol. The highest BCUT2D eigenvalue weighted by atomic mass is 79.9. The summed E-state index contributed by atoms with van der Waals surface area (Å²) in [6.45, 7) is 0.491. The van der Waals surface area contributed by atoms with Crippen LogP contribution in [0.5, 0.6) is 5.75 Å². The van der Waals surface area contributed by atoms with Crippen molar-refractivity contribution in [2.75, 3.05) is 5.75 Å². The van der Waals surface area contributed by atoms with Crippen LogP contribution in [-0.2, 0) is 11.4 Å². The van der Waals surface area contributed by atoms with Gasteiger partial charge in [0.1, 0.15) is 12.4 Å². The number of carbonyl (C=O) groups is 1. The van der Waals surface area contributed by atoms with Gasteiger partial charge in [0.2, 0.25) is 5.91 Å². The Labute approximate surface area is 152 Å². The first-order valence-corrected chi connectivity index (χ1v) is 8.98. The largest absolute Gasteiger partial charge is 0.489 e. The third-order valence-corrected chi connectivity index (χ3v) is 4.45. The fourth-order valence-electron chi connectivity index (χ4n) is 2.01. The van der Waals surface area contributed by atoms with E-state index < -0.39 is 0 Å². The first-order valence-electron chi connectivity index (χ1n) is 7.20. The number of nitrogens with one attached hydrogen (secondary N) is 1. The van der Waals surface area contributed by atoms with Crippen molar-refractivity contribution in [3.05, 3.63) is 64.1 Å². The zero-order valence-corrected chi connectivity index (χ0v) is 15.0. The molecule has 0 bridgehead atoms. The lowest BCUT2D eigenvalue weighted by Gasteiger charge is -2.07. The van der Waals surface area contributed by atoms with Gasteiger partial charge in [0.25, 0.3) is 0 Å². The maximum absolute atomic E-state index is 11.1. The van der Waals surface area contributed by atoms with E-state index in [0.717, 1.165) is 21.3 Å². The number of nitrogens with zero attached hydrogens (tertiary/aromatic N) is 2. The summed E-state index contributed by atoms with van der Waals surface area (Å²) < 4.78 is 6.83. The Morgan fingerprint density at radius 3 is 2.92 bits per heavy atom. The number of thioether (sulfide) groups is 1. The van der Waals surface area contributed by atoms with Crippen molar-refractivity contribution in [1.82, 2.24) is 5.32 Å². The number of hydrogen-bond donors (Lipinski definition) is 1. The average molecular weight is 404 g/mol. The summed E-state index contributed by atoms with van der Waals surface area (Å²) >= 11 is 4.79. The normalized spacial score (nSPS) is 15.9. The fraction of sp³-hybridized carbons (Fsp3) is 0.118. The van der Waals surface area contributed by atoms with Gasteiger partial charge in [-0.2, -0.15) is 5.10 Å². The number of amides is 1. The molecular formula is C17H14BrN3O2S. The summed E-state index contributed by atoms with van der Waals surface area (Å²) in [4.78, 5) is 11.1. The van der Waals surface area contributed by atoms with Crippen molar-refractivity contribution >= 4 is 45.0 Å². The van der Waals surface area contributed by atoms with Crippen molar-refractivity contribution < 1.29 is 9.53 Å². The Kier molecular flexibility index (Phi) is 5.66. The first kappa shape index (κ1) is 16.7. The van der Waals surface area contributed by atoms with Gasteiger partial charge >= 0.3 is 0 Å². The van der Waals surface area contributed by atoms with Gasteiger partial charge in [-0.05, 0) is 35.4 Å². The highest BCUT2D eigenvalue weighted by molar-refractivity contribution is 9.10. The number of rotatable bonds is 5. The molecule has 0 aliphatic carbocycles. The zero-order chi connectivity index (χ0) is 16.8. The van der Waals surface area contributed by atoms with Crippen LogP contribution in [0.4, 0.5) is 0 Å². The maximum Gasteiger partial charge on any atom is 0.236 e. The predicted molar refractivity (Wildman–Crippen MR) is 101 cm³/mol. The molecule has 2 aromatic carbocycles. The molecular weight excluding hydrogens is 390 g/mol. The van der Waals surface area contributed by atoms with E-state index in [1.165, 1.54) is 11.8 Å². The van der Waals surface area contributed by atoms with Crippen LogP contribution in [0.1, 0.15) is 11.1 Å². The summed E-state index contributed by atoms with van der Waals surface area (Å²) in [7, 11) is 0. The van der Waals surface area contributed by atoms with E-state index in [2.05, 4.69) is 31.4 Å². The molecule has 7 heteroatoms. The SMILES string of the molecule is O=C1CSC(=NN=Cc2cccc(OCc3cccc(Br)c3)c2)N1. The molecule has 24 heavy (non-hydrogen) atoms. The van der Waals surface area contributed by atoms with Crippen LogP contribution in [-0.4, -0.2) is 23.0 Å². The zero-order valence-electron chi connectivity index (χ0n) is 12.6. The second-order valence-corrected chi connectivity index (χ2v) is 6.86. The molecule has 0 saturated carbocycles. The topological polar surface area (TPSA) is 63.0 Å². The maximum atomic E-state index is 11.1. The lowest BCUT2D eigenvalue weighted by molar-refractivity contribution is -0.116. The van der Waals surface area contributed by atoms with Gasteiger partial charge in [-0.15, -0.1) is 5.10 Å². The second-order valence-electron chi connectivity index (χ2n) is 4.98. The van der Waals surface area contributed by atoms with E-state index in [9.17, 15) is 4.79 Å². The van der Waals surface area contributed by atoms with Gasteiger partial charge < -0.3 is 10.1 Å². The Balaban J connectivity index is 1.60. The van der Waals surface area contributed by atoms with Gasteiger partial charge in [0, 0.05) is 4.47 Å². The molecule has 0 aromatic heterocycles. The minimum absolute atomic E-state index is 0.0445. The molecule has 1 amide bonds. The lowest BCUT2D eigenvalue weighted by atomic mass is 10.2. The standard InChI is InChI=1S/C17H14BrN3O2S/c18-14-5-1-4-13(7-14)10-23-15-6-2-3-12(8-15)9-19-21-17-20-16(22)11-24-17/h1-9H,10-11H2,(H,20,21,22). The van der Waals surface area contributed by atoms with Gasteiger partial charge in [-0.3, -0.25) is 4.79 Å². The van der Waals surface area contributed by atoms with Gasteiger partial charge in [0.05, 0.1) is 12.0 Å². The number of benzene rings is 2. The molecule has 0 unspecified atom stereocenters. The van der Waals surface area contributed by atoms with Crippen LogP contribution >= 0.6 is 27.7 Å². The first-order chi connectivity index (χ1) is 11.7. The van der Waals surface area contributed by atoms with E-state index in [-0.39, 0.29) is 5.91 Å². The van der Waals surface area contributed by atoms with Crippen molar-refractivity contribution in [1.29, 1.82) is 0 Å². The minimum Gasteiger partial charge on any atom is -0.489 e. The van der Waals surface area contributed by atoms with Crippen molar-refractivity contribution in [2.24, 2.45) is 10.2 Å². The van der Waals surface area contributed by atoms with E-state index in [0.29, 0.717) is 17.5 Å². The molecule has 1 fully saturated rings. The third kappa shape index (κ3) is 4.94. The van der Waals surface area contributed by atoms with E-state index in [1.807, 2.05) is 48.5 Å². The fourth-order valence-corrected chi connectivity index (χ4v) is 3.08. The lowest BCUT2D eigenvalue weighted by Crippen LogP contribution is -2.19. The van der Waals surface area contributed by atoms with Crippen molar-refractivity contribution in [3.63, 3.8) is 0 Å². The third-order valence-electron chi connectivity index (χ3n) is 3.09. The molecule has 122 valence electrons. The van der Waals surface area contributed by atoms with Gasteiger partial charge in [-0.25, -0.2) is 0 Å².